The summed E-state index contributed by atoms with van der Waals surface area (Å²) < 4.78 is 5.19. The second-order valence-corrected chi connectivity index (χ2v) is 7.09. The van der Waals surface area contributed by atoms with Gasteiger partial charge in [0.2, 0.25) is 0 Å². The van der Waals surface area contributed by atoms with E-state index in [0.717, 1.165) is 51.4 Å². The fourth-order valence-corrected chi connectivity index (χ4v) is 3.48. The highest BCUT2D eigenvalue weighted by molar-refractivity contribution is 14.0. The smallest absolute Gasteiger partial charge is 0.310 e. The van der Waals surface area contributed by atoms with Gasteiger partial charge in [-0.15, -0.1) is 24.0 Å². The van der Waals surface area contributed by atoms with Crippen LogP contribution in [0.5, 0.6) is 0 Å². The molecule has 6 nitrogen and oxygen atoms in total. The lowest BCUT2D eigenvalue weighted by Crippen LogP contribution is -2.48. The Balaban J connectivity index is 0.00000392. The van der Waals surface area contributed by atoms with Crippen molar-refractivity contribution in [3.05, 3.63) is 35.9 Å². The lowest BCUT2D eigenvalue weighted by Gasteiger charge is -2.34. The molecule has 158 valence electrons. The molecule has 1 aromatic rings. The number of rotatable bonds is 8. The molecule has 1 atom stereocenters. The number of aliphatic imine (C=N–C) groups is 1. The van der Waals surface area contributed by atoms with Crippen LogP contribution in [0.25, 0.3) is 0 Å². The third kappa shape index (κ3) is 8.34. The Morgan fingerprint density at radius 1 is 1.36 bits per heavy atom. The van der Waals surface area contributed by atoms with E-state index in [1.54, 1.807) is 7.05 Å². The average Bonchev–Trinajstić information content (AvgIpc) is 2.69. The number of ether oxygens (including phenoxy) is 1. The van der Waals surface area contributed by atoms with E-state index in [1.807, 2.05) is 13.0 Å². The minimum atomic E-state index is -0.0832. The molecule has 0 aliphatic carbocycles. The van der Waals surface area contributed by atoms with Crippen molar-refractivity contribution in [2.45, 2.75) is 32.7 Å². The first-order valence-corrected chi connectivity index (χ1v) is 9.98. The Kier molecular flexibility index (Phi) is 12.1. The van der Waals surface area contributed by atoms with Crippen molar-refractivity contribution < 1.29 is 9.53 Å². The number of carbonyl (C=O) groups is 1. The van der Waals surface area contributed by atoms with Crippen LogP contribution in [-0.4, -0.2) is 68.6 Å². The fraction of sp³-hybridized carbons (Fsp3) is 0.619. The van der Waals surface area contributed by atoms with Crippen LogP contribution in [0.15, 0.2) is 35.3 Å². The zero-order chi connectivity index (χ0) is 19.5. The highest BCUT2D eigenvalue weighted by Crippen LogP contribution is 2.18. The molecular formula is C21H35IN4O2. The number of hydrogen-bond acceptors (Lipinski definition) is 4. The van der Waals surface area contributed by atoms with Gasteiger partial charge in [0.15, 0.2) is 5.96 Å². The van der Waals surface area contributed by atoms with Crippen LogP contribution in [0.4, 0.5) is 0 Å². The van der Waals surface area contributed by atoms with Gasteiger partial charge in [-0.3, -0.25) is 9.79 Å². The molecule has 1 unspecified atom stereocenters. The molecule has 7 heteroatoms. The van der Waals surface area contributed by atoms with Gasteiger partial charge in [-0.1, -0.05) is 30.3 Å². The predicted octanol–water partition coefficient (Wildman–Crippen LogP) is 2.98. The number of hydrogen-bond donors (Lipinski definition) is 1. The average molecular weight is 502 g/mol. The molecule has 1 aromatic carbocycles. The minimum Gasteiger partial charge on any atom is -0.466 e. The molecular weight excluding hydrogens is 467 g/mol. The molecule has 1 aliphatic rings. The summed E-state index contributed by atoms with van der Waals surface area (Å²) >= 11 is 0. The summed E-state index contributed by atoms with van der Waals surface area (Å²) in [5.41, 5.74) is 1.34. The van der Waals surface area contributed by atoms with Crippen molar-refractivity contribution in [2.75, 3.05) is 46.9 Å². The summed E-state index contributed by atoms with van der Waals surface area (Å²) in [6.45, 7) is 6.77. The molecule has 0 spiro atoms. The third-order valence-electron chi connectivity index (χ3n) is 4.85. The summed E-state index contributed by atoms with van der Waals surface area (Å²) in [5.74, 6) is 0.754. The number of guanidine groups is 1. The van der Waals surface area contributed by atoms with E-state index in [1.165, 1.54) is 5.56 Å². The minimum absolute atomic E-state index is 0. The van der Waals surface area contributed by atoms with Crippen LogP contribution in [0, 0.1) is 5.92 Å². The molecule has 0 bridgehead atoms. The molecule has 0 aromatic heterocycles. The van der Waals surface area contributed by atoms with Crippen molar-refractivity contribution in [1.29, 1.82) is 0 Å². The second-order valence-electron chi connectivity index (χ2n) is 7.09. The first-order valence-electron chi connectivity index (χ1n) is 9.98. The molecule has 1 saturated heterocycles. The van der Waals surface area contributed by atoms with Gasteiger partial charge in [0.1, 0.15) is 0 Å². The van der Waals surface area contributed by atoms with Gasteiger partial charge >= 0.3 is 5.97 Å². The van der Waals surface area contributed by atoms with Gasteiger partial charge < -0.3 is 19.9 Å². The van der Waals surface area contributed by atoms with Gasteiger partial charge in [-0.05, 0) is 45.3 Å². The first kappa shape index (κ1) is 24.7. The molecule has 1 aliphatic heterocycles. The quantitative estimate of drug-likeness (QED) is 0.195. The molecule has 2 rings (SSSR count). The first-order chi connectivity index (χ1) is 13.1. The second kappa shape index (κ2) is 13.8. The number of piperidine rings is 1. The number of halogens is 1. The molecule has 28 heavy (non-hydrogen) atoms. The van der Waals surface area contributed by atoms with E-state index in [-0.39, 0.29) is 35.9 Å². The van der Waals surface area contributed by atoms with Crippen LogP contribution >= 0.6 is 24.0 Å². The lowest BCUT2D eigenvalue weighted by atomic mass is 9.98. The van der Waals surface area contributed by atoms with Crippen LogP contribution < -0.4 is 5.32 Å². The Bertz CT molecular complexity index is 597. The van der Waals surface area contributed by atoms with E-state index in [2.05, 4.69) is 51.4 Å². The Morgan fingerprint density at radius 2 is 2.11 bits per heavy atom. The maximum atomic E-state index is 12.0. The monoisotopic (exact) mass is 502 g/mol. The summed E-state index contributed by atoms with van der Waals surface area (Å²) in [6.07, 6.45) is 2.93. The SMILES string of the molecule is CCOC(=O)C1CCCN(C(=NC)NCCCN(C)Cc2ccccc2)C1.I. The van der Waals surface area contributed by atoms with Gasteiger partial charge in [-0.2, -0.15) is 0 Å². The highest BCUT2D eigenvalue weighted by Gasteiger charge is 2.28. The zero-order valence-electron chi connectivity index (χ0n) is 17.4. The van der Waals surface area contributed by atoms with Crippen molar-refractivity contribution in [3.63, 3.8) is 0 Å². The standard InChI is InChI=1S/C21H34N4O2.HI/c1-4-27-20(26)19-12-8-15-25(17-19)21(22-2)23-13-9-14-24(3)16-18-10-6-5-7-11-18;/h5-7,10-11,19H,4,8-9,12-17H2,1-3H3,(H,22,23);1H. The Morgan fingerprint density at radius 3 is 2.79 bits per heavy atom. The summed E-state index contributed by atoms with van der Waals surface area (Å²) in [7, 11) is 3.95. The van der Waals surface area contributed by atoms with Crippen molar-refractivity contribution in [1.82, 2.24) is 15.1 Å². The number of carbonyl (C=O) groups excluding carboxylic acids is 1. The van der Waals surface area contributed by atoms with Crippen molar-refractivity contribution >= 4 is 35.9 Å². The largest absolute Gasteiger partial charge is 0.466 e. The number of nitrogens with zero attached hydrogens (tertiary/aromatic N) is 3. The topological polar surface area (TPSA) is 57.2 Å². The normalized spacial score (nSPS) is 17.2. The fourth-order valence-electron chi connectivity index (χ4n) is 3.48. The zero-order valence-corrected chi connectivity index (χ0v) is 19.7. The van der Waals surface area contributed by atoms with Crippen molar-refractivity contribution in [3.8, 4) is 0 Å². The summed E-state index contributed by atoms with van der Waals surface area (Å²) in [5, 5.41) is 3.45. The van der Waals surface area contributed by atoms with E-state index in [0.29, 0.717) is 13.2 Å². The van der Waals surface area contributed by atoms with E-state index in [9.17, 15) is 4.79 Å². The number of esters is 1. The molecule has 0 amide bonds. The maximum Gasteiger partial charge on any atom is 0.310 e. The molecule has 1 N–H and O–H groups in total. The number of benzene rings is 1. The third-order valence-corrected chi connectivity index (χ3v) is 4.85. The molecule has 1 fully saturated rings. The van der Waals surface area contributed by atoms with Crippen molar-refractivity contribution in [2.24, 2.45) is 10.9 Å². The van der Waals surface area contributed by atoms with E-state index >= 15 is 0 Å². The maximum absolute atomic E-state index is 12.0. The van der Waals surface area contributed by atoms with Crippen LogP contribution in [0.2, 0.25) is 0 Å². The van der Waals surface area contributed by atoms with E-state index in [4.69, 9.17) is 4.74 Å². The van der Waals surface area contributed by atoms with Gasteiger partial charge in [0.05, 0.1) is 12.5 Å². The highest BCUT2D eigenvalue weighted by atomic mass is 127. The van der Waals surface area contributed by atoms with Crippen LogP contribution in [0.1, 0.15) is 31.7 Å². The number of nitrogens with one attached hydrogen (secondary N) is 1. The molecule has 0 saturated carbocycles. The van der Waals surface area contributed by atoms with E-state index < -0.39 is 0 Å². The van der Waals surface area contributed by atoms with Gasteiger partial charge in [0, 0.05) is 33.2 Å². The molecule has 0 radical (unpaired) electrons. The van der Waals surface area contributed by atoms with Gasteiger partial charge in [0.25, 0.3) is 0 Å². The Labute approximate surface area is 186 Å². The number of likely N-dealkylation sites (tertiary alicyclic amines) is 1. The molecule has 1 heterocycles. The summed E-state index contributed by atoms with van der Waals surface area (Å²) in [4.78, 5) is 20.9. The lowest BCUT2D eigenvalue weighted by molar-refractivity contribution is -0.149. The predicted molar refractivity (Wildman–Crippen MR) is 125 cm³/mol. The van der Waals surface area contributed by atoms with Crippen LogP contribution in [-0.2, 0) is 16.1 Å². The Hall–Kier alpha value is -1.35. The summed E-state index contributed by atoms with van der Waals surface area (Å²) in [6, 6.07) is 10.5. The van der Waals surface area contributed by atoms with Crippen LogP contribution in [0.3, 0.4) is 0 Å². The van der Waals surface area contributed by atoms with Gasteiger partial charge in [-0.25, -0.2) is 0 Å².